The number of para-hydroxylation sites is 1. The summed E-state index contributed by atoms with van der Waals surface area (Å²) in [7, 11) is 1.60. The van der Waals surface area contributed by atoms with Gasteiger partial charge in [-0.1, -0.05) is 36.4 Å². The number of hydrogen-bond acceptors (Lipinski definition) is 2. The van der Waals surface area contributed by atoms with E-state index >= 15 is 0 Å². The lowest BCUT2D eigenvalue weighted by molar-refractivity contribution is 0.108. The number of carbonyl (C=O) groups excluding carboxylic acids is 1. The van der Waals surface area contributed by atoms with Crippen molar-refractivity contribution in [2.75, 3.05) is 7.11 Å². The monoisotopic (exact) mass is 246 g/mol. The number of benzene rings is 2. The fourth-order valence-electron chi connectivity index (χ4n) is 1.76. The molecular formula is C14H11ClO2. The minimum absolute atomic E-state index is 0.466. The molecular weight excluding hydrogens is 236 g/mol. The molecule has 2 aromatic carbocycles. The fourth-order valence-corrected chi connectivity index (χ4v) is 1.92. The average molecular weight is 247 g/mol. The van der Waals surface area contributed by atoms with Gasteiger partial charge < -0.3 is 4.74 Å². The lowest BCUT2D eigenvalue weighted by Crippen LogP contribution is -1.95. The first kappa shape index (κ1) is 11.7. The van der Waals surface area contributed by atoms with Gasteiger partial charge in [0.05, 0.1) is 7.11 Å². The van der Waals surface area contributed by atoms with Crippen molar-refractivity contribution in [3.05, 3.63) is 54.1 Å². The standard InChI is InChI=1S/C14H11ClO2/c1-17-13-9-5-4-7-11(13)10-6-2-3-8-12(10)14(15)16/h2-9H,1H3. The van der Waals surface area contributed by atoms with Gasteiger partial charge in [-0.05, 0) is 29.3 Å². The molecule has 0 heterocycles. The van der Waals surface area contributed by atoms with Gasteiger partial charge in [0.2, 0.25) is 0 Å². The maximum Gasteiger partial charge on any atom is 0.253 e. The average Bonchev–Trinajstić information content (AvgIpc) is 2.38. The summed E-state index contributed by atoms with van der Waals surface area (Å²) in [4.78, 5) is 11.4. The summed E-state index contributed by atoms with van der Waals surface area (Å²) in [6.07, 6.45) is 0. The molecule has 2 nitrogen and oxygen atoms in total. The molecule has 2 aromatic rings. The van der Waals surface area contributed by atoms with Crippen LogP contribution in [0.5, 0.6) is 5.75 Å². The number of hydrogen-bond donors (Lipinski definition) is 0. The third kappa shape index (κ3) is 2.32. The van der Waals surface area contributed by atoms with Crippen LogP contribution >= 0.6 is 11.6 Å². The summed E-state index contributed by atoms with van der Waals surface area (Å²) in [6.45, 7) is 0. The predicted molar refractivity (Wildman–Crippen MR) is 68.6 cm³/mol. The molecule has 0 aliphatic rings. The van der Waals surface area contributed by atoms with Gasteiger partial charge in [-0.15, -0.1) is 0 Å². The summed E-state index contributed by atoms with van der Waals surface area (Å²) in [5.74, 6) is 0.720. The third-order valence-electron chi connectivity index (χ3n) is 2.54. The highest BCUT2D eigenvalue weighted by atomic mass is 35.5. The number of carbonyl (C=O) groups is 1. The Bertz CT molecular complexity index is 549. The molecule has 0 spiro atoms. The fraction of sp³-hybridized carbons (Fsp3) is 0.0714. The lowest BCUT2D eigenvalue weighted by atomic mass is 9.99. The van der Waals surface area contributed by atoms with Gasteiger partial charge in [-0.3, -0.25) is 4.79 Å². The number of ether oxygens (including phenoxy) is 1. The second-order valence-corrected chi connectivity index (χ2v) is 3.86. The Morgan fingerprint density at radius 3 is 2.24 bits per heavy atom. The van der Waals surface area contributed by atoms with Crippen LogP contribution in [0.25, 0.3) is 11.1 Å². The summed E-state index contributed by atoms with van der Waals surface area (Å²) in [6, 6.07) is 14.7. The molecule has 0 saturated heterocycles. The summed E-state index contributed by atoms with van der Waals surface area (Å²) in [5, 5.41) is -0.466. The highest BCUT2D eigenvalue weighted by molar-refractivity contribution is 6.68. The molecule has 0 fully saturated rings. The summed E-state index contributed by atoms with van der Waals surface area (Å²) in [5.41, 5.74) is 2.13. The Kier molecular flexibility index (Phi) is 3.45. The first-order valence-corrected chi connectivity index (χ1v) is 5.54. The SMILES string of the molecule is COc1ccccc1-c1ccccc1C(=O)Cl. The molecule has 0 unspecified atom stereocenters. The molecule has 0 N–H and O–H groups in total. The molecule has 0 atom stereocenters. The molecule has 0 aliphatic heterocycles. The molecule has 3 heteroatoms. The third-order valence-corrected chi connectivity index (χ3v) is 2.74. The molecule has 17 heavy (non-hydrogen) atoms. The van der Waals surface area contributed by atoms with E-state index in [1.54, 1.807) is 19.2 Å². The number of methoxy groups -OCH3 is 1. The van der Waals surface area contributed by atoms with Gasteiger partial charge in [0.1, 0.15) is 5.75 Å². The van der Waals surface area contributed by atoms with E-state index in [2.05, 4.69) is 0 Å². The highest BCUT2D eigenvalue weighted by Gasteiger charge is 2.12. The van der Waals surface area contributed by atoms with E-state index in [1.165, 1.54) is 0 Å². The normalized spacial score (nSPS) is 10.0. The van der Waals surface area contributed by atoms with Crippen LogP contribution in [0.4, 0.5) is 0 Å². The van der Waals surface area contributed by atoms with Gasteiger partial charge in [-0.2, -0.15) is 0 Å². The molecule has 0 bridgehead atoms. The quantitative estimate of drug-likeness (QED) is 0.771. The maximum atomic E-state index is 11.4. The zero-order valence-corrected chi connectivity index (χ0v) is 10.1. The van der Waals surface area contributed by atoms with Gasteiger partial charge in [0.15, 0.2) is 0 Å². The molecule has 86 valence electrons. The zero-order chi connectivity index (χ0) is 12.3. The van der Waals surface area contributed by atoms with Crippen molar-refractivity contribution in [3.63, 3.8) is 0 Å². The van der Waals surface area contributed by atoms with E-state index in [9.17, 15) is 4.79 Å². The predicted octanol–water partition coefficient (Wildman–Crippen LogP) is 3.74. The second kappa shape index (κ2) is 5.02. The Morgan fingerprint density at radius 2 is 1.59 bits per heavy atom. The van der Waals surface area contributed by atoms with Crippen LogP contribution in [0.2, 0.25) is 0 Å². The minimum Gasteiger partial charge on any atom is -0.496 e. The Morgan fingerprint density at radius 1 is 1.00 bits per heavy atom. The van der Waals surface area contributed by atoms with Crippen LogP contribution in [-0.2, 0) is 0 Å². The molecule has 0 radical (unpaired) electrons. The minimum atomic E-state index is -0.466. The van der Waals surface area contributed by atoms with E-state index in [1.807, 2.05) is 36.4 Å². The van der Waals surface area contributed by atoms with E-state index in [0.29, 0.717) is 5.56 Å². The van der Waals surface area contributed by atoms with Crippen molar-refractivity contribution in [1.29, 1.82) is 0 Å². The van der Waals surface area contributed by atoms with Gasteiger partial charge in [0, 0.05) is 11.1 Å². The molecule has 0 saturated carbocycles. The second-order valence-electron chi connectivity index (χ2n) is 3.52. The molecule has 0 aliphatic carbocycles. The van der Waals surface area contributed by atoms with E-state index in [-0.39, 0.29) is 0 Å². The van der Waals surface area contributed by atoms with Crippen LogP contribution in [-0.4, -0.2) is 12.4 Å². The Hall–Kier alpha value is -1.80. The summed E-state index contributed by atoms with van der Waals surface area (Å²) < 4.78 is 5.28. The van der Waals surface area contributed by atoms with Gasteiger partial charge in [-0.25, -0.2) is 0 Å². The van der Waals surface area contributed by atoms with Crippen LogP contribution in [0.3, 0.4) is 0 Å². The van der Waals surface area contributed by atoms with Crippen molar-refractivity contribution in [2.24, 2.45) is 0 Å². The largest absolute Gasteiger partial charge is 0.496 e. The smallest absolute Gasteiger partial charge is 0.253 e. The van der Waals surface area contributed by atoms with Crippen molar-refractivity contribution < 1.29 is 9.53 Å². The molecule has 0 amide bonds. The van der Waals surface area contributed by atoms with Crippen molar-refractivity contribution in [3.8, 4) is 16.9 Å². The first-order chi connectivity index (χ1) is 8.24. The molecule has 0 aromatic heterocycles. The van der Waals surface area contributed by atoms with E-state index < -0.39 is 5.24 Å². The van der Waals surface area contributed by atoms with Crippen LogP contribution < -0.4 is 4.74 Å². The van der Waals surface area contributed by atoms with Crippen LogP contribution in [0.1, 0.15) is 10.4 Å². The number of rotatable bonds is 3. The van der Waals surface area contributed by atoms with E-state index in [4.69, 9.17) is 16.3 Å². The zero-order valence-electron chi connectivity index (χ0n) is 9.31. The first-order valence-electron chi connectivity index (χ1n) is 5.16. The highest BCUT2D eigenvalue weighted by Crippen LogP contribution is 2.32. The van der Waals surface area contributed by atoms with Crippen LogP contribution in [0, 0.1) is 0 Å². The van der Waals surface area contributed by atoms with Crippen molar-refractivity contribution in [2.45, 2.75) is 0 Å². The van der Waals surface area contributed by atoms with Crippen LogP contribution in [0.15, 0.2) is 48.5 Å². The Labute approximate surface area is 105 Å². The summed E-state index contributed by atoms with van der Waals surface area (Å²) >= 11 is 5.57. The number of halogens is 1. The maximum absolute atomic E-state index is 11.4. The Balaban J connectivity index is 2.64. The lowest BCUT2D eigenvalue weighted by Gasteiger charge is -2.10. The topological polar surface area (TPSA) is 26.3 Å². The van der Waals surface area contributed by atoms with E-state index in [0.717, 1.165) is 16.9 Å². The van der Waals surface area contributed by atoms with Gasteiger partial charge in [0.25, 0.3) is 5.24 Å². The van der Waals surface area contributed by atoms with Crippen molar-refractivity contribution in [1.82, 2.24) is 0 Å². The van der Waals surface area contributed by atoms with Crippen molar-refractivity contribution >= 4 is 16.8 Å². The molecule has 2 rings (SSSR count). The van der Waals surface area contributed by atoms with Gasteiger partial charge >= 0.3 is 0 Å².